The second kappa shape index (κ2) is 8.30. The van der Waals surface area contributed by atoms with Crippen molar-refractivity contribution in [2.75, 3.05) is 13.1 Å². The number of aromatic nitrogens is 1. The third-order valence-electron chi connectivity index (χ3n) is 5.40. The van der Waals surface area contributed by atoms with Gasteiger partial charge in [0.15, 0.2) is 0 Å². The zero-order valence-corrected chi connectivity index (χ0v) is 15.4. The molecule has 2 aromatic rings. The van der Waals surface area contributed by atoms with Gasteiger partial charge in [0.2, 0.25) is 0 Å². The van der Waals surface area contributed by atoms with Gasteiger partial charge in [-0.05, 0) is 43.0 Å². The van der Waals surface area contributed by atoms with E-state index in [9.17, 15) is 13.6 Å². The highest BCUT2D eigenvalue weighted by molar-refractivity contribution is 5.94. The number of pyridine rings is 1. The van der Waals surface area contributed by atoms with Crippen LogP contribution in [-0.4, -0.2) is 41.1 Å². The number of amides is 1. The molecular formula is C20H23F2N5O. The number of hydrogen-bond acceptors (Lipinski definition) is 5. The number of carbonyl (C=O) groups is 1. The quantitative estimate of drug-likeness (QED) is 0.750. The van der Waals surface area contributed by atoms with E-state index >= 15 is 0 Å². The SMILES string of the molecule is O=C(NC1CCN(C2CC(c3cccnc3)NN2)CC1)c1cc(F)cc(F)c1. The molecule has 4 rings (SSSR count). The number of halogens is 2. The van der Waals surface area contributed by atoms with Crippen LogP contribution in [0.25, 0.3) is 0 Å². The fourth-order valence-corrected chi connectivity index (χ4v) is 3.89. The largest absolute Gasteiger partial charge is 0.349 e. The number of benzene rings is 1. The maximum absolute atomic E-state index is 13.3. The second-order valence-electron chi connectivity index (χ2n) is 7.32. The standard InChI is InChI=1S/C20H23F2N5O/c21-15-8-14(9-16(22)10-15)20(28)24-17-3-6-27(7-4-17)19-11-18(25-26-19)13-2-1-5-23-12-13/h1-2,5,8-10,12,17-19,25-26H,3-4,6-7,11H2,(H,24,28). The van der Waals surface area contributed by atoms with Crippen LogP contribution >= 0.6 is 0 Å². The number of rotatable bonds is 4. The zero-order valence-electron chi connectivity index (χ0n) is 15.4. The Kier molecular flexibility index (Phi) is 5.61. The second-order valence-corrected chi connectivity index (χ2v) is 7.32. The van der Waals surface area contributed by atoms with Crippen molar-refractivity contribution < 1.29 is 13.6 Å². The highest BCUT2D eigenvalue weighted by atomic mass is 19.1. The van der Waals surface area contributed by atoms with Gasteiger partial charge in [-0.15, -0.1) is 0 Å². The van der Waals surface area contributed by atoms with E-state index in [2.05, 4.69) is 32.1 Å². The van der Waals surface area contributed by atoms with Gasteiger partial charge >= 0.3 is 0 Å². The summed E-state index contributed by atoms with van der Waals surface area (Å²) >= 11 is 0. The molecule has 1 aromatic carbocycles. The van der Waals surface area contributed by atoms with Crippen molar-refractivity contribution in [1.29, 1.82) is 0 Å². The van der Waals surface area contributed by atoms with Gasteiger partial charge in [0, 0.05) is 43.2 Å². The fourth-order valence-electron chi connectivity index (χ4n) is 3.89. The minimum atomic E-state index is -0.747. The minimum absolute atomic E-state index is 0.00133. The number of hydrazine groups is 1. The molecule has 2 atom stereocenters. The van der Waals surface area contributed by atoms with Crippen LogP contribution in [0, 0.1) is 11.6 Å². The van der Waals surface area contributed by atoms with Crippen molar-refractivity contribution in [3.63, 3.8) is 0 Å². The summed E-state index contributed by atoms with van der Waals surface area (Å²) in [4.78, 5) is 18.8. The molecule has 2 aliphatic rings. The average molecular weight is 387 g/mol. The maximum atomic E-state index is 13.3. The van der Waals surface area contributed by atoms with Crippen LogP contribution in [0.2, 0.25) is 0 Å². The molecule has 2 aliphatic heterocycles. The molecule has 2 saturated heterocycles. The lowest BCUT2D eigenvalue weighted by Crippen LogP contribution is -2.51. The van der Waals surface area contributed by atoms with Crippen LogP contribution in [0.1, 0.15) is 41.2 Å². The molecule has 6 nitrogen and oxygen atoms in total. The van der Waals surface area contributed by atoms with E-state index in [1.54, 1.807) is 6.20 Å². The topological polar surface area (TPSA) is 69.3 Å². The molecular weight excluding hydrogens is 364 g/mol. The first-order valence-corrected chi connectivity index (χ1v) is 9.50. The van der Waals surface area contributed by atoms with Crippen molar-refractivity contribution in [1.82, 2.24) is 26.1 Å². The number of nitrogens with one attached hydrogen (secondary N) is 3. The van der Waals surface area contributed by atoms with Gasteiger partial charge in [0.05, 0.1) is 12.2 Å². The Labute approximate surface area is 162 Å². The van der Waals surface area contributed by atoms with Crippen molar-refractivity contribution in [3.8, 4) is 0 Å². The van der Waals surface area contributed by atoms with Crippen LogP contribution in [0.15, 0.2) is 42.7 Å². The summed E-state index contributed by atoms with van der Waals surface area (Å²) in [7, 11) is 0. The average Bonchev–Trinajstić information content (AvgIpc) is 3.19. The molecule has 3 heterocycles. The van der Waals surface area contributed by atoms with Gasteiger partial charge in [-0.25, -0.2) is 19.6 Å². The summed E-state index contributed by atoms with van der Waals surface area (Å²) in [5, 5.41) is 2.89. The van der Waals surface area contributed by atoms with E-state index in [1.807, 2.05) is 12.3 Å². The molecule has 0 radical (unpaired) electrons. The first kappa shape index (κ1) is 18.9. The van der Waals surface area contributed by atoms with Gasteiger partial charge in [-0.3, -0.25) is 14.7 Å². The highest BCUT2D eigenvalue weighted by Crippen LogP contribution is 2.25. The summed E-state index contributed by atoms with van der Waals surface area (Å²) in [6.07, 6.45) is 6.38. The van der Waals surface area contributed by atoms with E-state index in [0.717, 1.165) is 56.1 Å². The predicted octanol–water partition coefficient (Wildman–Crippen LogP) is 2.12. The van der Waals surface area contributed by atoms with Gasteiger partial charge < -0.3 is 5.32 Å². The highest BCUT2D eigenvalue weighted by Gasteiger charge is 2.32. The van der Waals surface area contributed by atoms with Crippen LogP contribution in [0.5, 0.6) is 0 Å². The minimum Gasteiger partial charge on any atom is -0.349 e. The smallest absolute Gasteiger partial charge is 0.251 e. The third-order valence-corrected chi connectivity index (χ3v) is 5.40. The zero-order chi connectivity index (χ0) is 19.5. The van der Waals surface area contributed by atoms with E-state index in [0.29, 0.717) is 0 Å². The lowest BCUT2D eigenvalue weighted by Gasteiger charge is -2.35. The third kappa shape index (κ3) is 4.35. The molecule has 1 aromatic heterocycles. The van der Waals surface area contributed by atoms with Crippen molar-refractivity contribution >= 4 is 5.91 Å². The molecule has 148 valence electrons. The summed E-state index contributed by atoms with van der Waals surface area (Å²) in [6.45, 7) is 1.67. The molecule has 2 fully saturated rings. The van der Waals surface area contributed by atoms with Crippen molar-refractivity contribution in [3.05, 3.63) is 65.5 Å². The Morgan fingerprint density at radius 1 is 1.14 bits per heavy atom. The molecule has 2 unspecified atom stereocenters. The monoisotopic (exact) mass is 387 g/mol. The van der Waals surface area contributed by atoms with Crippen molar-refractivity contribution in [2.24, 2.45) is 0 Å². The van der Waals surface area contributed by atoms with E-state index in [-0.39, 0.29) is 23.8 Å². The summed E-state index contributed by atoms with van der Waals surface area (Å²) in [5.74, 6) is -1.93. The first-order chi connectivity index (χ1) is 13.6. The van der Waals surface area contributed by atoms with Gasteiger partial charge in [0.25, 0.3) is 5.91 Å². The summed E-state index contributed by atoms with van der Waals surface area (Å²) in [5.41, 5.74) is 7.84. The fraction of sp³-hybridized carbons (Fsp3) is 0.400. The number of nitrogens with zero attached hydrogens (tertiary/aromatic N) is 2. The molecule has 3 N–H and O–H groups in total. The molecule has 1 amide bonds. The van der Waals surface area contributed by atoms with E-state index in [1.165, 1.54) is 0 Å². The van der Waals surface area contributed by atoms with E-state index < -0.39 is 17.5 Å². The Hall–Kier alpha value is -2.42. The lowest BCUT2D eigenvalue weighted by atomic mass is 10.0. The molecule has 8 heteroatoms. The predicted molar refractivity (Wildman–Crippen MR) is 100 cm³/mol. The molecule has 28 heavy (non-hydrogen) atoms. The molecule has 0 bridgehead atoms. The summed E-state index contributed by atoms with van der Waals surface area (Å²) < 4.78 is 26.6. The molecule has 0 aliphatic carbocycles. The van der Waals surface area contributed by atoms with Crippen LogP contribution in [0.4, 0.5) is 8.78 Å². The number of piperidine rings is 1. The summed E-state index contributed by atoms with van der Waals surface area (Å²) in [6, 6.07) is 7.09. The van der Waals surface area contributed by atoms with Crippen LogP contribution < -0.4 is 16.2 Å². The Balaban J connectivity index is 1.27. The Morgan fingerprint density at radius 2 is 1.89 bits per heavy atom. The van der Waals surface area contributed by atoms with E-state index in [4.69, 9.17) is 0 Å². The number of carbonyl (C=O) groups excluding carboxylic acids is 1. The lowest BCUT2D eigenvalue weighted by molar-refractivity contribution is 0.0879. The normalized spacial score (nSPS) is 23.6. The van der Waals surface area contributed by atoms with Gasteiger partial charge in [-0.1, -0.05) is 6.07 Å². The van der Waals surface area contributed by atoms with Crippen LogP contribution in [0.3, 0.4) is 0 Å². The van der Waals surface area contributed by atoms with Gasteiger partial charge in [-0.2, -0.15) is 0 Å². The van der Waals surface area contributed by atoms with Crippen LogP contribution in [-0.2, 0) is 0 Å². The number of likely N-dealkylation sites (tertiary alicyclic amines) is 1. The Bertz CT molecular complexity index is 806. The van der Waals surface area contributed by atoms with Gasteiger partial charge in [0.1, 0.15) is 11.6 Å². The van der Waals surface area contributed by atoms with Crippen molar-refractivity contribution in [2.45, 2.75) is 37.5 Å². The Morgan fingerprint density at radius 3 is 2.57 bits per heavy atom. The number of hydrogen-bond donors (Lipinski definition) is 3. The molecule has 0 spiro atoms. The first-order valence-electron chi connectivity index (χ1n) is 9.50. The maximum Gasteiger partial charge on any atom is 0.251 e. The molecule has 0 saturated carbocycles.